The number of nitrogens with one attached hydrogen (secondary N) is 1. The van der Waals surface area contributed by atoms with Crippen LogP contribution in [0.5, 0.6) is 5.75 Å². The maximum atomic E-state index is 12.4. The van der Waals surface area contributed by atoms with Gasteiger partial charge in [-0.05, 0) is 43.4 Å². The van der Waals surface area contributed by atoms with Gasteiger partial charge in [0.15, 0.2) is 6.61 Å². The molecule has 0 unspecified atom stereocenters. The van der Waals surface area contributed by atoms with E-state index in [9.17, 15) is 19.5 Å². The Kier molecular flexibility index (Phi) is 8.45. The summed E-state index contributed by atoms with van der Waals surface area (Å²) in [5.41, 5.74) is 1.65. The molecule has 0 fully saturated rings. The first kappa shape index (κ1) is 23.4. The van der Waals surface area contributed by atoms with Gasteiger partial charge in [-0.1, -0.05) is 40.0 Å². The van der Waals surface area contributed by atoms with E-state index in [1.807, 2.05) is 6.92 Å². The molecule has 0 radical (unpaired) electrons. The summed E-state index contributed by atoms with van der Waals surface area (Å²) in [5, 5.41) is 14.3. The van der Waals surface area contributed by atoms with Gasteiger partial charge in [-0.15, -0.1) is 0 Å². The van der Waals surface area contributed by atoms with E-state index >= 15 is 0 Å². The predicted octanol–water partition coefficient (Wildman–Crippen LogP) is 2.49. The molecule has 2 aromatic rings. The fourth-order valence-corrected chi connectivity index (χ4v) is 3.34. The smallest absolute Gasteiger partial charge is 0.339 e. The van der Waals surface area contributed by atoms with Crippen molar-refractivity contribution in [1.29, 1.82) is 0 Å². The number of aliphatic carboxylic acids is 1. The van der Waals surface area contributed by atoms with Crippen molar-refractivity contribution in [3.8, 4) is 5.75 Å². The molecule has 0 saturated heterocycles. The van der Waals surface area contributed by atoms with Crippen LogP contribution < -0.4 is 20.8 Å². The van der Waals surface area contributed by atoms with Gasteiger partial charge in [-0.3, -0.25) is 4.79 Å². The SMILES string of the molecule is CCCCCCc1c(C)c2ccc(OCC(=O)N[C@H](C(=O)[O-])C(C)C)cc2oc1=O. The highest BCUT2D eigenvalue weighted by molar-refractivity contribution is 5.84. The molecule has 7 nitrogen and oxygen atoms in total. The number of carboxylic acid groups (broad SMARTS) is 1. The number of fused-ring (bicyclic) bond motifs is 1. The van der Waals surface area contributed by atoms with Crippen LogP contribution in [0.1, 0.15) is 57.6 Å². The number of carbonyl (C=O) groups is 2. The Morgan fingerprint density at radius 2 is 1.93 bits per heavy atom. The molecule has 0 spiro atoms. The Balaban J connectivity index is 2.09. The van der Waals surface area contributed by atoms with Crippen LogP contribution in [0.3, 0.4) is 0 Å². The highest BCUT2D eigenvalue weighted by atomic mass is 16.5. The molecule has 164 valence electrons. The van der Waals surface area contributed by atoms with Crippen LogP contribution in [0.4, 0.5) is 0 Å². The third-order valence-electron chi connectivity index (χ3n) is 5.15. The highest BCUT2D eigenvalue weighted by Crippen LogP contribution is 2.25. The van der Waals surface area contributed by atoms with E-state index < -0.39 is 17.9 Å². The first-order valence-corrected chi connectivity index (χ1v) is 10.4. The van der Waals surface area contributed by atoms with Crippen molar-refractivity contribution < 1.29 is 23.8 Å². The normalized spacial score (nSPS) is 12.2. The molecule has 0 aliphatic carbocycles. The van der Waals surface area contributed by atoms with Gasteiger partial charge in [0.25, 0.3) is 5.91 Å². The maximum absolute atomic E-state index is 12.4. The number of carbonyl (C=O) groups excluding carboxylic acids is 2. The molecule has 1 heterocycles. The second-order valence-electron chi connectivity index (χ2n) is 7.86. The summed E-state index contributed by atoms with van der Waals surface area (Å²) in [5.74, 6) is -1.87. The minimum absolute atomic E-state index is 0.312. The first-order valence-electron chi connectivity index (χ1n) is 10.4. The summed E-state index contributed by atoms with van der Waals surface area (Å²) in [6.07, 6.45) is 5.00. The van der Waals surface area contributed by atoms with Crippen LogP contribution in [0, 0.1) is 12.8 Å². The Labute approximate surface area is 176 Å². The molecule has 1 aromatic carbocycles. The number of hydrogen-bond donors (Lipinski definition) is 1. The van der Waals surface area contributed by atoms with Crippen molar-refractivity contribution in [2.45, 2.75) is 65.8 Å². The quantitative estimate of drug-likeness (QED) is 0.445. The zero-order valence-electron chi connectivity index (χ0n) is 18.1. The minimum Gasteiger partial charge on any atom is -0.548 e. The fraction of sp³-hybridized carbons (Fsp3) is 0.522. The number of aryl methyl sites for hydroxylation is 1. The summed E-state index contributed by atoms with van der Waals surface area (Å²) in [7, 11) is 0. The Morgan fingerprint density at radius 1 is 1.20 bits per heavy atom. The van der Waals surface area contributed by atoms with Gasteiger partial charge in [0, 0.05) is 17.0 Å². The molecule has 0 aliphatic rings. The molecule has 30 heavy (non-hydrogen) atoms. The molecule has 0 saturated carbocycles. The topological polar surface area (TPSA) is 109 Å². The molecule has 1 atom stereocenters. The number of hydrogen-bond acceptors (Lipinski definition) is 6. The van der Waals surface area contributed by atoms with Crippen molar-refractivity contribution >= 4 is 22.8 Å². The summed E-state index contributed by atoms with van der Waals surface area (Å²) in [4.78, 5) is 35.5. The van der Waals surface area contributed by atoms with Gasteiger partial charge >= 0.3 is 5.63 Å². The lowest BCUT2D eigenvalue weighted by atomic mass is 10.0. The lowest BCUT2D eigenvalue weighted by Gasteiger charge is -2.23. The van der Waals surface area contributed by atoms with E-state index in [1.54, 1.807) is 32.0 Å². The maximum Gasteiger partial charge on any atom is 0.339 e. The third kappa shape index (κ3) is 6.08. The van der Waals surface area contributed by atoms with E-state index in [0.717, 1.165) is 36.6 Å². The van der Waals surface area contributed by atoms with Crippen molar-refractivity contribution in [1.82, 2.24) is 5.32 Å². The molecule has 2 rings (SSSR count). The zero-order chi connectivity index (χ0) is 22.3. The van der Waals surface area contributed by atoms with Gasteiger partial charge in [-0.2, -0.15) is 0 Å². The second-order valence-corrected chi connectivity index (χ2v) is 7.86. The van der Waals surface area contributed by atoms with Gasteiger partial charge in [0.2, 0.25) is 0 Å². The van der Waals surface area contributed by atoms with Crippen molar-refractivity contribution in [3.63, 3.8) is 0 Å². The number of unbranched alkanes of at least 4 members (excludes halogenated alkanes) is 3. The second kappa shape index (κ2) is 10.8. The third-order valence-corrected chi connectivity index (χ3v) is 5.15. The first-order chi connectivity index (χ1) is 14.2. The van der Waals surface area contributed by atoms with Crippen molar-refractivity contribution in [3.05, 3.63) is 39.7 Å². The molecule has 1 amide bonds. The van der Waals surface area contributed by atoms with Crippen molar-refractivity contribution in [2.75, 3.05) is 6.61 Å². The minimum atomic E-state index is -1.34. The van der Waals surface area contributed by atoms with Gasteiger partial charge in [0.05, 0.1) is 12.0 Å². The van der Waals surface area contributed by atoms with E-state index in [2.05, 4.69) is 12.2 Å². The number of carboxylic acids is 1. The van der Waals surface area contributed by atoms with Gasteiger partial charge < -0.3 is 24.4 Å². The van der Waals surface area contributed by atoms with E-state index in [0.29, 0.717) is 23.3 Å². The van der Waals surface area contributed by atoms with Crippen molar-refractivity contribution in [2.24, 2.45) is 5.92 Å². The summed E-state index contributed by atoms with van der Waals surface area (Å²) < 4.78 is 10.9. The van der Waals surface area contributed by atoms with Crippen LogP contribution >= 0.6 is 0 Å². The highest BCUT2D eigenvalue weighted by Gasteiger charge is 2.18. The number of rotatable bonds is 11. The number of amides is 1. The van der Waals surface area contributed by atoms with Gasteiger partial charge in [-0.25, -0.2) is 4.79 Å². The molecular weight excluding hydrogens is 386 g/mol. The van der Waals surface area contributed by atoms with Crippen LogP contribution in [-0.2, 0) is 16.0 Å². The molecule has 0 bridgehead atoms. The summed E-state index contributed by atoms with van der Waals surface area (Å²) in [6, 6.07) is 3.97. The predicted molar refractivity (Wildman–Crippen MR) is 112 cm³/mol. The average molecular weight is 416 g/mol. The van der Waals surface area contributed by atoms with E-state index in [-0.39, 0.29) is 18.2 Å². The monoisotopic (exact) mass is 416 g/mol. The van der Waals surface area contributed by atoms with Crippen LogP contribution in [0.2, 0.25) is 0 Å². The summed E-state index contributed by atoms with van der Waals surface area (Å²) in [6.45, 7) is 7.04. The van der Waals surface area contributed by atoms with Gasteiger partial charge in [0.1, 0.15) is 11.3 Å². The number of benzene rings is 1. The standard InChI is InChI=1S/C23H31NO6/c1-5-6-7-8-9-18-15(4)17-11-10-16(12-19(17)30-23(18)28)29-13-20(25)24-21(14(2)3)22(26)27/h10-12,14,21H,5-9,13H2,1-4H3,(H,24,25)(H,26,27)/p-1/t21-/m0/s1. The molecule has 1 aromatic heterocycles. The Bertz CT molecular complexity index is 947. The van der Waals surface area contributed by atoms with E-state index in [1.165, 1.54) is 0 Å². The molecule has 7 heteroatoms. The van der Waals surface area contributed by atoms with Crippen LogP contribution in [-0.4, -0.2) is 24.5 Å². The molecule has 1 N–H and O–H groups in total. The van der Waals surface area contributed by atoms with E-state index in [4.69, 9.17) is 9.15 Å². The van der Waals surface area contributed by atoms with Crippen LogP contribution in [0.25, 0.3) is 11.0 Å². The Hall–Kier alpha value is -2.83. The van der Waals surface area contributed by atoms with Crippen LogP contribution in [0.15, 0.2) is 27.4 Å². The molecule has 0 aliphatic heterocycles. The number of ether oxygens (including phenoxy) is 1. The summed E-state index contributed by atoms with van der Waals surface area (Å²) >= 11 is 0. The average Bonchev–Trinajstić information content (AvgIpc) is 2.69. The fourth-order valence-electron chi connectivity index (χ4n) is 3.34. The Morgan fingerprint density at radius 3 is 2.57 bits per heavy atom. The lowest BCUT2D eigenvalue weighted by molar-refractivity contribution is -0.309. The molecular formula is C23H30NO6-. The lowest BCUT2D eigenvalue weighted by Crippen LogP contribution is -2.51. The zero-order valence-corrected chi connectivity index (χ0v) is 18.1. The largest absolute Gasteiger partial charge is 0.548 e.